The van der Waals surface area contributed by atoms with Crippen molar-refractivity contribution >= 4 is 28.6 Å². The second-order valence-electron chi connectivity index (χ2n) is 5.18. The molecule has 24 heavy (non-hydrogen) atoms. The highest BCUT2D eigenvalue weighted by molar-refractivity contribution is 8.16. The number of rotatable bonds is 4. The molecule has 2 heterocycles. The molecule has 1 aromatic rings. The highest BCUT2D eigenvalue weighted by atomic mass is 32.2. The first-order chi connectivity index (χ1) is 11.5. The van der Waals surface area contributed by atoms with Gasteiger partial charge in [-0.3, -0.25) is 10.1 Å². The summed E-state index contributed by atoms with van der Waals surface area (Å²) in [5.74, 6) is -0.459. The van der Waals surface area contributed by atoms with E-state index in [1.54, 1.807) is 26.0 Å². The first-order valence-corrected chi connectivity index (χ1v) is 8.23. The van der Waals surface area contributed by atoms with Crippen LogP contribution in [0.2, 0.25) is 0 Å². The molecule has 0 saturated heterocycles. The van der Waals surface area contributed by atoms with Crippen molar-refractivity contribution in [1.29, 1.82) is 0 Å². The maximum atomic E-state index is 12.5. The van der Waals surface area contributed by atoms with E-state index < -0.39 is 16.9 Å². The normalized spacial score (nSPS) is 19.2. The number of esters is 1. The lowest BCUT2D eigenvalue weighted by atomic mass is 9.94. The molecule has 1 aromatic carbocycles. The minimum absolute atomic E-state index is 0.0201. The van der Waals surface area contributed by atoms with Crippen LogP contribution in [0.15, 0.2) is 52.1 Å². The monoisotopic (exact) mass is 345 g/mol. The Kier molecular flexibility index (Phi) is 4.39. The van der Waals surface area contributed by atoms with Gasteiger partial charge in [-0.15, -0.1) is 0 Å². The van der Waals surface area contributed by atoms with Gasteiger partial charge in [-0.25, -0.2) is 9.79 Å². The van der Waals surface area contributed by atoms with Gasteiger partial charge in [0, 0.05) is 18.3 Å². The first kappa shape index (κ1) is 16.3. The minimum Gasteiger partial charge on any atom is -0.463 e. The lowest BCUT2D eigenvalue weighted by Crippen LogP contribution is -2.34. The quantitative estimate of drug-likeness (QED) is 0.472. The van der Waals surface area contributed by atoms with Gasteiger partial charge in [0.25, 0.3) is 5.69 Å². The van der Waals surface area contributed by atoms with Crippen LogP contribution in [0.25, 0.3) is 0 Å². The summed E-state index contributed by atoms with van der Waals surface area (Å²) < 4.78 is 5.17. The van der Waals surface area contributed by atoms with Crippen molar-refractivity contribution in [2.75, 3.05) is 6.61 Å². The molecule has 0 saturated carbocycles. The Morgan fingerprint density at radius 1 is 1.50 bits per heavy atom. The zero-order valence-corrected chi connectivity index (χ0v) is 13.9. The van der Waals surface area contributed by atoms with E-state index in [0.29, 0.717) is 16.8 Å². The summed E-state index contributed by atoms with van der Waals surface area (Å²) in [6.45, 7) is 3.73. The molecule has 124 valence electrons. The number of hydrogen-bond acceptors (Lipinski definition) is 7. The topological polar surface area (TPSA) is 85.0 Å². The van der Waals surface area contributed by atoms with Crippen LogP contribution in [0.1, 0.15) is 25.5 Å². The summed E-state index contributed by atoms with van der Waals surface area (Å²) >= 11 is 1.44. The summed E-state index contributed by atoms with van der Waals surface area (Å²) in [5.41, 5.74) is 1.58. The van der Waals surface area contributed by atoms with Crippen LogP contribution in [-0.2, 0) is 9.53 Å². The predicted octanol–water partition coefficient (Wildman–Crippen LogP) is 3.36. The largest absolute Gasteiger partial charge is 0.463 e. The van der Waals surface area contributed by atoms with Crippen molar-refractivity contribution in [1.82, 2.24) is 4.90 Å². The third-order valence-electron chi connectivity index (χ3n) is 3.71. The number of allylic oxidation sites excluding steroid dienone is 1. The Morgan fingerprint density at radius 2 is 2.29 bits per heavy atom. The molecule has 0 aromatic heterocycles. The van der Waals surface area contributed by atoms with E-state index >= 15 is 0 Å². The highest BCUT2D eigenvalue weighted by Crippen LogP contribution is 2.41. The van der Waals surface area contributed by atoms with Crippen molar-refractivity contribution < 1.29 is 14.5 Å². The highest BCUT2D eigenvalue weighted by Gasteiger charge is 2.37. The molecule has 0 aliphatic carbocycles. The summed E-state index contributed by atoms with van der Waals surface area (Å²) in [6, 6.07) is 5.80. The molecule has 7 nitrogen and oxygen atoms in total. The minimum atomic E-state index is -0.498. The fraction of sp³-hybridized carbons (Fsp3) is 0.250. The van der Waals surface area contributed by atoms with E-state index in [0.717, 1.165) is 5.17 Å². The van der Waals surface area contributed by atoms with Crippen LogP contribution in [-0.4, -0.2) is 27.6 Å². The number of benzene rings is 1. The van der Waals surface area contributed by atoms with E-state index in [4.69, 9.17) is 4.74 Å². The number of ether oxygens (including phenoxy) is 1. The molecule has 3 rings (SSSR count). The lowest BCUT2D eigenvalue weighted by Gasteiger charge is -2.33. The number of nitro groups is 1. The average Bonchev–Trinajstić information content (AvgIpc) is 3.01. The van der Waals surface area contributed by atoms with E-state index in [1.165, 1.54) is 23.9 Å². The van der Waals surface area contributed by atoms with Crippen LogP contribution in [0, 0.1) is 10.1 Å². The van der Waals surface area contributed by atoms with Gasteiger partial charge < -0.3 is 9.64 Å². The standard InChI is InChI=1S/C16H15N3O4S/c1-3-23-15(20)13-10(2)17-16-18(7-8-24-16)14(13)11-5-4-6-12(9-11)19(21)22/h4-9,14H,3H2,1-2H3. The number of amidine groups is 1. The number of thioether (sulfide) groups is 1. The molecular formula is C16H15N3O4S. The van der Waals surface area contributed by atoms with Crippen LogP contribution in [0.4, 0.5) is 5.69 Å². The summed E-state index contributed by atoms with van der Waals surface area (Å²) in [5, 5.41) is 13.7. The summed E-state index contributed by atoms with van der Waals surface area (Å²) in [4.78, 5) is 29.4. The molecule has 8 heteroatoms. The number of aliphatic imine (C=N–C) groups is 1. The number of hydrogen-bond donors (Lipinski definition) is 0. The SMILES string of the molecule is CCOC(=O)C1=C(C)N=C2SC=CN2C1c1cccc([N+](=O)[O-])c1. The zero-order valence-electron chi connectivity index (χ0n) is 13.1. The number of carbonyl (C=O) groups is 1. The summed E-state index contributed by atoms with van der Waals surface area (Å²) in [7, 11) is 0. The third kappa shape index (κ3) is 2.80. The predicted molar refractivity (Wildman–Crippen MR) is 91.2 cm³/mol. The summed E-state index contributed by atoms with van der Waals surface area (Å²) in [6.07, 6.45) is 1.82. The van der Waals surface area contributed by atoms with E-state index in [-0.39, 0.29) is 12.3 Å². The average molecular weight is 345 g/mol. The molecule has 0 radical (unpaired) electrons. The maximum Gasteiger partial charge on any atom is 0.338 e. The Hall–Kier alpha value is -2.61. The zero-order chi connectivity index (χ0) is 17.3. The van der Waals surface area contributed by atoms with Crippen LogP contribution < -0.4 is 0 Å². The van der Waals surface area contributed by atoms with Crippen molar-refractivity contribution in [3.63, 3.8) is 0 Å². The second kappa shape index (κ2) is 6.48. The fourth-order valence-corrected chi connectivity index (χ4v) is 3.50. The van der Waals surface area contributed by atoms with Crippen molar-refractivity contribution in [3.8, 4) is 0 Å². The smallest absolute Gasteiger partial charge is 0.338 e. The van der Waals surface area contributed by atoms with E-state index in [9.17, 15) is 14.9 Å². The van der Waals surface area contributed by atoms with Gasteiger partial charge >= 0.3 is 5.97 Å². The molecule has 1 atom stereocenters. The molecule has 2 aliphatic rings. The first-order valence-electron chi connectivity index (χ1n) is 7.35. The van der Waals surface area contributed by atoms with E-state index in [1.807, 2.05) is 16.5 Å². The number of nitro benzene ring substituents is 1. The van der Waals surface area contributed by atoms with Gasteiger partial charge in [0.1, 0.15) is 0 Å². The van der Waals surface area contributed by atoms with Gasteiger partial charge in [0.15, 0.2) is 5.17 Å². The van der Waals surface area contributed by atoms with Crippen molar-refractivity contribution in [2.45, 2.75) is 19.9 Å². The Labute approximate surface area is 142 Å². The van der Waals surface area contributed by atoms with Crippen LogP contribution in [0.3, 0.4) is 0 Å². The molecular weight excluding hydrogens is 330 g/mol. The fourth-order valence-electron chi connectivity index (χ4n) is 2.71. The Balaban J connectivity index is 2.12. The molecule has 0 amide bonds. The number of carbonyl (C=O) groups excluding carboxylic acids is 1. The molecule has 0 fully saturated rings. The second-order valence-corrected chi connectivity index (χ2v) is 6.05. The number of fused-ring (bicyclic) bond motifs is 1. The Bertz CT molecular complexity index is 800. The molecule has 2 aliphatic heterocycles. The molecule has 0 spiro atoms. The molecule has 0 bridgehead atoms. The van der Waals surface area contributed by atoms with Crippen LogP contribution >= 0.6 is 11.8 Å². The lowest BCUT2D eigenvalue weighted by molar-refractivity contribution is -0.384. The van der Waals surface area contributed by atoms with Crippen LogP contribution in [0.5, 0.6) is 0 Å². The van der Waals surface area contributed by atoms with E-state index in [2.05, 4.69) is 4.99 Å². The molecule has 0 N–H and O–H groups in total. The number of non-ortho nitro benzene ring substituents is 1. The maximum absolute atomic E-state index is 12.5. The van der Waals surface area contributed by atoms with Gasteiger partial charge in [0.05, 0.1) is 28.8 Å². The Morgan fingerprint density at radius 3 is 3.00 bits per heavy atom. The van der Waals surface area contributed by atoms with Crippen molar-refractivity contribution in [2.24, 2.45) is 4.99 Å². The van der Waals surface area contributed by atoms with Gasteiger partial charge in [-0.2, -0.15) is 0 Å². The third-order valence-corrected chi connectivity index (χ3v) is 4.48. The molecule has 1 unspecified atom stereocenters. The van der Waals surface area contributed by atoms with Gasteiger partial charge in [-0.1, -0.05) is 23.9 Å². The van der Waals surface area contributed by atoms with Gasteiger partial charge in [0.2, 0.25) is 0 Å². The van der Waals surface area contributed by atoms with Crippen molar-refractivity contribution in [3.05, 3.63) is 62.8 Å². The number of nitrogens with zero attached hydrogens (tertiary/aromatic N) is 3. The van der Waals surface area contributed by atoms with Gasteiger partial charge in [-0.05, 0) is 24.8 Å².